The van der Waals surface area contributed by atoms with E-state index in [0.717, 1.165) is 27.8 Å². The van der Waals surface area contributed by atoms with Gasteiger partial charge in [-0.15, -0.1) is 11.3 Å². The lowest BCUT2D eigenvalue weighted by Crippen LogP contribution is -1.97. The number of alkyl halides is 1. The molecule has 0 saturated heterocycles. The van der Waals surface area contributed by atoms with Crippen LogP contribution in [-0.2, 0) is 0 Å². The Morgan fingerprint density at radius 2 is 2.05 bits per heavy atom. The second-order valence-corrected chi connectivity index (χ2v) is 8.24. The van der Waals surface area contributed by atoms with Crippen molar-refractivity contribution >= 4 is 66.4 Å². The van der Waals surface area contributed by atoms with Crippen LogP contribution in [0.3, 0.4) is 0 Å². The van der Waals surface area contributed by atoms with Gasteiger partial charge in [-0.3, -0.25) is 0 Å². The summed E-state index contributed by atoms with van der Waals surface area (Å²) in [4.78, 5) is 0.00951. The second-order valence-electron chi connectivity index (χ2n) is 4.18. The molecule has 0 radical (unpaired) electrons. The van der Waals surface area contributed by atoms with E-state index in [2.05, 4.69) is 38.8 Å². The van der Waals surface area contributed by atoms with E-state index in [0.29, 0.717) is 15.3 Å². The van der Waals surface area contributed by atoms with Gasteiger partial charge in [0, 0.05) is 5.56 Å². The van der Waals surface area contributed by atoms with Gasteiger partial charge in [-0.2, -0.15) is 0 Å². The van der Waals surface area contributed by atoms with Gasteiger partial charge in [0.25, 0.3) is 0 Å². The molecule has 1 unspecified atom stereocenters. The summed E-state index contributed by atoms with van der Waals surface area (Å²) >= 11 is 20.8. The minimum absolute atomic E-state index is 0.00951. The smallest absolute Gasteiger partial charge is 0.133 e. The van der Waals surface area contributed by atoms with Crippen molar-refractivity contribution in [2.45, 2.75) is 18.2 Å². The first-order valence-electron chi connectivity index (χ1n) is 6.04. The monoisotopic (exact) mass is 456 g/mol. The molecule has 1 atom stereocenters. The van der Waals surface area contributed by atoms with Crippen LogP contribution >= 0.6 is 66.4 Å². The predicted molar refractivity (Wildman–Crippen MR) is 95.0 cm³/mol. The molecule has 0 saturated carbocycles. The first-order chi connectivity index (χ1) is 9.52. The van der Waals surface area contributed by atoms with Crippen molar-refractivity contribution in [2.24, 2.45) is 0 Å². The lowest BCUT2D eigenvalue weighted by molar-refractivity contribution is 0.315. The summed E-state index contributed by atoms with van der Waals surface area (Å²) in [6, 6.07) is 7.91. The van der Waals surface area contributed by atoms with Crippen molar-refractivity contribution in [3.8, 4) is 5.75 Å². The molecule has 0 aliphatic heterocycles. The van der Waals surface area contributed by atoms with E-state index < -0.39 is 0 Å². The van der Waals surface area contributed by atoms with Gasteiger partial charge in [0.1, 0.15) is 5.75 Å². The van der Waals surface area contributed by atoms with Gasteiger partial charge in [0.2, 0.25) is 0 Å². The molecule has 1 aromatic carbocycles. The lowest BCUT2D eigenvalue weighted by atomic mass is 10.1. The van der Waals surface area contributed by atoms with E-state index in [1.807, 2.05) is 24.3 Å². The van der Waals surface area contributed by atoms with Crippen LogP contribution in [-0.4, -0.2) is 6.61 Å². The first kappa shape index (κ1) is 16.6. The molecular weight excluding hydrogens is 447 g/mol. The van der Waals surface area contributed by atoms with Crippen molar-refractivity contribution in [3.05, 3.63) is 48.5 Å². The summed E-state index contributed by atoms with van der Waals surface area (Å²) in [7, 11) is 0. The highest BCUT2D eigenvalue weighted by molar-refractivity contribution is 9.10. The topological polar surface area (TPSA) is 9.23 Å². The van der Waals surface area contributed by atoms with Gasteiger partial charge in [-0.05, 0) is 46.1 Å². The first-order valence-corrected chi connectivity index (χ1v) is 9.32. The van der Waals surface area contributed by atoms with Gasteiger partial charge < -0.3 is 4.74 Å². The Bertz CT molecular complexity index is 601. The van der Waals surface area contributed by atoms with Crippen molar-refractivity contribution in [2.75, 3.05) is 6.61 Å². The maximum absolute atomic E-state index is 6.20. The third kappa shape index (κ3) is 3.92. The SMILES string of the molecule is CCCOc1ccc(C(Br)c2cc(Cl)sc2Cl)cc1Br. The summed E-state index contributed by atoms with van der Waals surface area (Å²) in [5.41, 5.74) is 2.08. The Hall–Kier alpha value is 0.260. The van der Waals surface area contributed by atoms with E-state index >= 15 is 0 Å². The highest BCUT2D eigenvalue weighted by atomic mass is 79.9. The van der Waals surface area contributed by atoms with E-state index in [9.17, 15) is 0 Å². The van der Waals surface area contributed by atoms with E-state index in [-0.39, 0.29) is 4.83 Å². The molecule has 1 heterocycles. The second kappa shape index (κ2) is 7.50. The molecule has 0 amide bonds. The third-order valence-corrected chi connectivity index (χ3v) is 5.83. The molecule has 108 valence electrons. The molecule has 2 rings (SSSR count). The molecular formula is C14H12Br2Cl2OS. The molecule has 0 fully saturated rings. The van der Waals surface area contributed by atoms with Crippen LogP contribution in [0.4, 0.5) is 0 Å². The molecule has 20 heavy (non-hydrogen) atoms. The van der Waals surface area contributed by atoms with Crippen LogP contribution in [0.2, 0.25) is 8.67 Å². The molecule has 2 aromatic rings. The molecule has 1 nitrogen and oxygen atoms in total. The van der Waals surface area contributed by atoms with E-state index in [1.165, 1.54) is 11.3 Å². The summed E-state index contributed by atoms with van der Waals surface area (Å²) in [6.07, 6.45) is 0.984. The zero-order valence-corrected chi connectivity index (χ0v) is 16.1. The van der Waals surface area contributed by atoms with Gasteiger partial charge in [0.05, 0.1) is 24.6 Å². The Balaban J connectivity index is 2.25. The molecule has 1 aromatic heterocycles. The van der Waals surface area contributed by atoms with Crippen LogP contribution in [0.1, 0.15) is 29.3 Å². The van der Waals surface area contributed by atoms with Crippen LogP contribution in [0.25, 0.3) is 0 Å². The van der Waals surface area contributed by atoms with Crippen molar-refractivity contribution in [1.29, 1.82) is 0 Å². The van der Waals surface area contributed by atoms with Gasteiger partial charge in [-0.25, -0.2) is 0 Å². The standard InChI is InChI=1S/C14H12Br2Cl2OS/c1-2-5-19-11-4-3-8(6-10(11)15)13(16)9-7-12(17)20-14(9)18/h3-4,6-7,13H,2,5H2,1H3. The fourth-order valence-electron chi connectivity index (χ4n) is 1.71. The van der Waals surface area contributed by atoms with Gasteiger partial charge in [0.15, 0.2) is 0 Å². The molecule has 6 heteroatoms. The summed E-state index contributed by atoms with van der Waals surface area (Å²) in [5, 5.41) is 0. The largest absolute Gasteiger partial charge is 0.492 e. The minimum atomic E-state index is 0.00951. The van der Waals surface area contributed by atoms with E-state index in [1.54, 1.807) is 0 Å². The summed E-state index contributed by atoms with van der Waals surface area (Å²) in [6.45, 7) is 2.79. The number of rotatable bonds is 5. The van der Waals surface area contributed by atoms with Gasteiger partial charge in [-0.1, -0.05) is 52.1 Å². The molecule has 0 bridgehead atoms. The highest BCUT2D eigenvalue weighted by Gasteiger charge is 2.18. The van der Waals surface area contributed by atoms with Crippen molar-refractivity contribution < 1.29 is 4.74 Å². The third-order valence-electron chi connectivity index (χ3n) is 2.67. The average molecular weight is 459 g/mol. The fraction of sp³-hybridized carbons (Fsp3) is 0.286. The minimum Gasteiger partial charge on any atom is -0.492 e. The number of hydrogen-bond donors (Lipinski definition) is 0. The van der Waals surface area contributed by atoms with E-state index in [4.69, 9.17) is 27.9 Å². The van der Waals surface area contributed by atoms with Crippen molar-refractivity contribution in [1.82, 2.24) is 0 Å². The maximum Gasteiger partial charge on any atom is 0.133 e. The Morgan fingerprint density at radius 3 is 2.60 bits per heavy atom. The quantitative estimate of drug-likeness (QED) is 0.434. The maximum atomic E-state index is 6.20. The van der Waals surface area contributed by atoms with Gasteiger partial charge >= 0.3 is 0 Å². The highest BCUT2D eigenvalue weighted by Crippen LogP contribution is 2.42. The van der Waals surface area contributed by atoms with Crippen LogP contribution in [0.15, 0.2) is 28.7 Å². The number of hydrogen-bond acceptors (Lipinski definition) is 2. The van der Waals surface area contributed by atoms with Crippen molar-refractivity contribution in [3.63, 3.8) is 0 Å². The average Bonchev–Trinajstić information content (AvgIpc) is 2.75. The molecule has 0 aliphatic rings. The number of thiophene rings is 1. The molecule has 0 N–H and O–H groups in total. The number of halogens is 4. The zero-order chi connectivity index (χ0) is 14.7. The predicted octanol–water partition coefficient (Wildman–Crippen LogP) is 7.09. The molecule has 0 aliphatic carbocycles. The zero-order valence-electron chi connectivity index (χ0n) is 10.6. The molecule has 0 spiro atoms. The number of benzene rings is 1. The number of ether oxygens (including phenoxy) is 1. The van der Waals surface area contributed by atoms with Crippen LogP contribution in [0.5, 0.6) is 5.75 Å². The summed E-state index contributed by atoms with van der Waals surface area (Å²) < 4.78 is 7.98. The van der Waals surface area contributed by atoms with Crippen LogP contribution < -0.4 is 4.74 Å². The lowest BCUT2D eigenvalue weighted by Gasteiger charge is -2.13. The normalized spacial score (nSPS) is 12.4. The summed E-state index contributed by atoms with van der Waals surface area (Å²) in [5.74, 6) is 0.852. The Kier molecular flexibility index (Phi) is 6.24. The van der Waals surface area contributed by atoms with Crippen LogP contribution in [0, 0.1) is 0 Å². The Labute approximate surface area is 149 Å². The fourth-order valence-corrected chi connectivity index (χ4v) is 4.68. The Morgan fingerprint density at radius 1 is 1.30 bits per heavy atom.